The lowest BCUT2D eigenvalue weighted by atomic mass is 10.1. The number of carboxylic acid groups (broad SMARTS) is 1. The molecular weight excluding hydrogens is 360 g/mol. The molecule has 146 valence electrons. The van der Waals surface area contributed by atoms with Crippen molar-refractivity contribution in [3.05, 3.63) is 53.3 Å². The number of amides is 1. The minimum Gasteiger partial charge on any atom is -0.482 e. The molecule has 0 aliphatic carbocycles. The predicted octanol–water partition coefficient (Wildman–Crippen LogP) is 2.71. The molecule has 3 aromatic rings. The molecule has 2 N–H and O–H groups in total. The summed E-state index contributed by atoms with van der Waals surface area (Å²) < 4.78 is 6.98. The summed E-state index contributed by atoms with van der Waals surface area (Å²) in [6.07, 6.45) is 1.71. The zero-order valence-electron chi connectivity index (χ0n) is 16.0. The number of hydrogen-bond donors (Lipinski definition) is 2. The number of hydrogen-bond acceptors (Lipinski definition) is 5. The van der Waals surface area contributed by atoms with E-state index in [0.717, 1.165) is 16.6 Å². The SMILES string of the molecule is Cc1nc2c(cnn2C(C)C)cc1C(=O)NCc1cccc(OCC(=O)O)c1. The lowest BCUT2D eigenvalue weighted by molar-refractivity contribution is -0.139. The summed E-state index contributed by atoms with van der Waals surface area (Å²) in [7, 11) is 0. The fraction of sp³-hybridized carbons (Fsp3) is 0.300. The van der Waals surface area contributed by atoms with Crippen LogP contribution in [0.25, 0.3) is 11.0 Å². The van der Waals surface area contributed by atoms with Crippen LogP contribution in [-0.4, -0.2) is 38.4 Å². The van der Waals surface area contributed by atoms with Crippen LogP contribution in [0.2, 0.25) is 0 Å². The van der Waals surface area contributed by atoms with Crippen LogP contribution in [0, 0.1) is 6.92 Å². The third-order valence-corrected chi connectivity index (χ3v) is 4.21. The average molecular weight is 382 g/mol. The molecule has 0 aliphatic heterocycles. The van der Waals surface area contributed by atoms with E-state index in [0.29, 0.717) is 17.0 Å². The van der Waals surface area contributed by atoms with Gasteiger partial charge in [0.2, 0.25) is 0 Å². The van der Waals surface area contributed by atoms with Gasteiger partial charge in [0.05, 0.1) is 17.5 Å². The highest BCUT2D eigenvalue weighted by atomic mass is 16.5. The first kappa shape index (κ1) is 19.3. The Hall–Kier alpha value is -3.42. The third kappa shape index (κ3) is 4.28. The zero-order chi connectivity index (χ0) is 20.3. The Bertz CT molecular complexity index is 1030. The van der Waals surface area contributed by atoms with E-state index >= 15 is 0 Å². The van der Waals surface area contributed by atoms with Crippen molar-refractivity contribution in [2.24, 2.45) is 0 Å². The molecule has 8 nitrogen and oxygen atoms in total. The van der Waals surface area contributed by atoms with E-state index in [1.165, 1.54) is 0 Å². The van der Waals surface area contributed by atoms with Crippen LogP contribution < -0.4 is 10.1 Å². The number of aromatic nitrogens is 3. The summed E-state index contributed by atoms with van der Waals surface area (Å²) >= 11 is 0. The average Bonchev–Trinajstić information content (AvgIpc) is 3.07. The van der Waals surface area contributed by atoms with Crippen LogP contribution in [0.4, 0.5) is 0 Å². The number of carboxylic acids is 1. The van der Waals surface area contributed by atoms with Gasteiger partial charge in [-0.3, -0.25) is 4.79 Å². The van der Waals surface area contributed by atoms with Crippen molar-refractivity contribution in [3.63, 3.8) is 0 Å². The van der Waals surface area contributed by atoms with Crippen LogP contribution in [-0.2, 0) is 11.3 Å². The monoisotopic (exact) mass is 382 g/mol. The molecule has 0 saturated heterocycles. The second-order valence-electron chi connectivity index (χ2n) is 6.73. The number of aryl methyl sites for hydroxylation is 1. The number of nitrogens with zero attached hydrogens (tertiary/aromatic N) is 3. The van der Waals surface area contributed by atoms with Crippen LogP contribution >= 0.6 is 0 Å². The lowest BCUT2D eigenvalue weighted by Crippen LogP contribution is -2.24. The first-order chi connectivity index (χ1) is 13.3. The number of fused-ring (bicyclic) bond motifs is 1. The van der Waals surface area contributed by atoms with Gasteiger partial charge in [-0.1, -0.05) is 12.1 Å². The van der Waals surface area contributed by atoms with E-state index in [1.807, 2.05) is 24.6 Å². The van der Waals surface area contributed by atoms with Gasteiger partial charge in [-0.15, -0.1) is 0 Å². The van der Waals surface area contributed by atoms with Gasteiger partial charge >= 0.3 is 5.97 Å². The van der Waals surface area contributed by atoms with Gasteiger partial charge in [0.1, 0.15) is 5.75 Å². The molecule has 0 unspecified atom stereocenters. The van der Waals surface area contributed by atoms with Crippen LogP contribution in [0.5, 0.6) is 5.75 Å². The topological polar surface area (TPSA) is 106 Å². The summed E-state index contributed by atoms with van der Waals surface area (Å²) in [6, 6.07) is 8.92. The minimum absolute atomic E-state index is 0.180. The van der Waals surface area contributed by atoms with E-state index < -0.39 is 12.6 Å². The number of ether oxygens (including phenoxy) is 1. The Morgan fingerprint density at radius 2 is 2.07 bits per heavy atom. The number of aliphatic carboxylic acids is 1. The summed E-state index contributed by atoms with van der Waals surface area (Å²) in [5.74, 6) is -0.839. The number of pyridine rings is 1. The molecular formula is C20H22N4O4. The summed E-state index contributed by atoms with van der Waals surface area (Å²) in [5.41, 5.74) is 2.68. The number of rotatable bonds is 7. The Kier molecular flexibility index (Phi) is 5.58. The second-order valence-corrected chi connectivity index (χ2v) is 6.73. The molecule has 0 spiro atoms. The second kappa shape index (κ2) is 8.08. The van der Waals surface area contributed by atoms with E-state index in [1.54, 1.807) is 37.4 Å². The molecule has 0 aliphatic rings. The molecule has 0 saturated carbocycles. The number of carbonyl (C=O) groups is 2. The molecule has 2 aromatic heterocycles. The Morgan fingerprint density at radius 1 is 1.29 bits per heavy atom. The smallest absolute Gasteiger partial charge is 0.341 e. The summed E-state index contributed by atoms with van der Waals surface area (Å²) in [4.78, 5) is 27.8. The maximum Gasteiger partial charge on any atom is 0.341 e. The molecule has 3 rings (SSSR count). The molecule has 2 heterocycles. The van der Waals surface area contributed by atoms with Crippen LogP contribution in [0.3, 0.4) is 0 Å². The minimum atomic E-state index is -1.04. The van der Waals surface area contributed by atoms with Gasteiger partial charge in [-0.25, -0.2) is 14.5 Å². The zero-order valence-corrected chi connectivity index (χ0v) is 16.0. The number of carbonyl (C=O) groups excluding carboxylic acids is 1. The van der Waals surface area contributed by atoms with Crippen molar-refractivity contribution in [1.29, 1.82) is 0 Å². The molecule has 0 fully saturated rings. The summed E-state index contributed by atoms with van der Waals surface area (Å²) in [6.45, 7) is 5.72. The van der Waals surface area contributed by atoms with Crippen molar-refractivity contribution in [2.45, 2.75) is 33.4 Å². The first-order valence-electron chi connectivity index (χ1n) is 8.91. The third-order valence-electron chi connectivity index (χ3n) is 4.21. The van der Waals surface area contributed by atoms with Gasteiger partial charge in [-0.2, -0.15) is 5.10 Å². The highest BCUT2D eigenvalue weighted by Gasteiger charge is 2.15. The van der Waals surface area contributed by atoms with Gasteiger partial charge in [0.25, 0.3) is 5.91 Å². The molecule has 0 atom stereocenters. The Labute approximate surface area is 162 Å². The quantitative estimate of drug-likeness (QED) is 0.651. The van der Waals surface area contributed by atoms with Crippen LogP contribution in [0.1, 0.15) is 41.5 Å². The van der Waals surface area contributed by atoms with E-state index in [4.69, 9.17) is 9.84 Å². The molecule has 1 aromatic carbocycles. The standard InChI is InChI=1S/C20H22N4O4/c1-12(2)24-19-15(10-22-24)8-17(13(3)23-19)20(27)21-9-14-5-4-6-16(7-14)28-11-18(25)26/h4-8,10,12H,9,11H2,1-3H3,(H,21,27)(H,25,26). The van der Waals surface area contributed by atoms with Gasteiger partial charge in [0, 0.05) is 18.0 Å². The summed E-state index contributed by atoms with van der Waals surface area (Å²) in [5, 5.41) is 16.7. The Morgan fingerprint density at radius 3 is 2.79 bits per heavy atom. The van der Waals surface area contributed by atoms with Gasteiger partial charge in [-0.05, 0) is 44.5 Å². The van der Waals surface area contributed by atoms with Gasteiger partial charge < -0.3 is 15.2 Å². The van der Waals surface area contributed by atoms with Crippen LogP contribution in [0.15, 0.2) is 36.5 Å². The Balaban J connectivity index is 1.72. The van der Waals surface area contributed by atoms with Crippen molar-refractivity contribution in [2.75, 3.05) is 6.61 Å². The van der Waals surface area contributed by atoms with E-state index in [-0.39, 0.29) is 18.5 Å². The molecule has 0 radical (unpaired) electrons. The largest absolute Gasteiger partial charge is 0.482 e. The molecule has 8 heteroatoms. The maximum absolute atomic E-state index is 12.6. The van der Waals surface area contributed by atoms with Crippen molar-refractivity contribution in [1.82, 2.24) is 20.1 Å². The van der Waals surface area contributed by atoms with Crippen molar-refractivity contribution in [3.8, 4) is 5.75 Å². The number of nitrogens with one attached hydrogen (secondary N) is 1. The molecule has 28 heavy (non-hydrogen) atoms. The first-order valence-corrected chi connectivity index (χ1v) is 8.91. The van der Waals surface area contributed by atoms with Crippen molar-refractivity contribution >= 4 is 22.9 Å². The molecule has 1 amide bonds. The highest BCUT2D eigenvalue weighted by Crippen LogP contribution is 2.19. The fourth-order valence-electron chi connectivity index (χ4n) is 2.84. The highest BCUT2D eigenvalue weighted by molar-refractivity contribution is 5.98. The van der Waals surface area contributed by atoms with Crippen molar-refractivity contribution < 1.29 is 19.4 Å². The fourth-order valence-corrected chi connectivity index (χ4v) is 2.84. The number of benzene rings is 1. The maximum atomic E-state index is 12.6. The van der Waals surface area contributed by atoms with Gasteiger partial charge in [0.15, 0.2) is 12.3 Å². The lowest BCUT2D eigenvalue weighted by Gasteiger charge is -2.10. The molecule has 0 bridgehead atoms. The van der Waals surface area contributed by atoms with E-state index in [9.17, 15) is 9.59 Å². The normalized spacial score (nSPS) is 11.0. The predicted molar refractivity (Wildman–Crippen MR) is 103 cm³/mol. The van der Waals surface area contributed by atoms with E-state index in [2.05, 4.69) is 15.4 Å².